The van der Waals surface area contributed by atoms with Gasteiger partial charge in [-0.05, 0) is 19.3 Å². The maximum Gasteiger partial charge on any atom is 0.132 e. The fourth-order valence-corrected chi connectivity index (χ4v) is 1.22. The minimum absolute atomic E-state index is 0.419. The summed E-state index contributed by atoms with van der Waals surface area (Å²) in [4.78, 5) is 11.2. The monoisotopic (exact) mass is 180 g/mol. The highest BCUT2D eigenvalue weighted by molar-refractivity contribution is 5.78. The van der Waals surface area contributed by atoms with E-state index < -0.39 is 0 Å². The van der Waals surface area contributed by atoms with Crippen molar-refractivity contribution in [2.75, 3.05) is 0 Å². The zero-order valence-electron chi connectivity index (χ0n) is 8.64. The Morgan fingerprint density at radius 1 is 1.15 bits per heavy atom. The number of hydrogen-bond acceptors (Lipinski definition) is 1. The van der Waals surface area contributed by atoms with Crippen LogP contribution in [0.2, 0.25) is 0 Å². The Hall–Kier alpha value is -0.770. The van der Waals surface area contributed by atoms with Crippen molar-refractivity contribution in [1.29, 1.82) is 0 Å². The Kier molecular flexibility index (Phi) is 8.77. The molecule has 0 aromatic rings. The number of rotatable bonds is 8. The quantitative estimate of drug-likeness (QED) is 0.413. The van der Waals surface area contributed by atoms with Crippen LogP contribution in [0.15, 0.2) is 0 Å². The first-order valence-electron chi connectivity index (χ1n) is 5.26. The molecular weight excluding hydrogens is 160 g/mol. The molecule has 0 aromatic heterocycles. The number of unbranched alkanes of at least 4 members (excludes halogenated alkanes) is 4. The molecule has 0 heterocycles. The van der Waals surface area contributed by atoms with Gasteiger partial charge in [0.2, 0.25) is 0 Å². The normalized spacial score (nSPS) is 9.54. The smallest absolute Gasteiger partial charge is 0.132 e. The van der Waals surface area contributed by atoms with Crippen LogP contribution in [-0.4, -0.2) is 5.78 Å². The van der Waals surface area contributed by atoms with Gasteiger partial charge < -0.3 is 0 Å². The molecule has 13 heavy (non-hydrogen) atoms. The SMILES string of the molecule is C#CCCCCCC(=O)CCCC. The van der Waals surface area contributed by atoms with E-state index in [1.165, 1.54) is 0 Å². The third-order valence-corrected chi connectivity index (χ3v) is 2.09. The first-order chi connectivity index (χ1) is 6.31. The van der Waals surface area contributed by atoms with Crippen molar-refractivity contribution in [1.82, 2.24) is 0 Å². The summed E-state index contributed by atoms with van der Waals surface area (Å²) in [6, 6.07) is 0. The van der Waals surface area contributed by atoms with E-state index in [1.54, 1.807) is 0 Å². The summed E-state index contributed by atoms with van der Waals surface area (Å²) in [6.45, 7) is 2.11. The molecule has 0 amide bonds. The molecule has 0 rings (SSSR count). The molecular formula is C12H20O. The molecule has 0 radical (unpaired) electrons. The summed E-state index contributed by atoms with van der Waals surface area (Å²) in [5, 5.41) is 0. The predicted molar refractivity (Wildman–Crippen MR) is 56.5 cm³/mol. The Morgan fingerprint density at radius 2 is 1.85 bits per heavy atom. The highest BCUT2D eigenvalue weighted by Gasteiger charge is 1.99. The van der Waals surface area contributed by atoms with Gasteiger partial charge in [-0.2, -0.15) is 0 Å². The second-order valence-corrected chi connectivity index (χ2v) is 3.41. The lowest BCUT2D eigenvalue weighted by atomic mass is 10.1. The van der Waals surface area contributed by atoms with E-state index >= 15 is 0 Å². The average Bonchev–Trinajstić information content (AvgIpc) is 2.14. The summed E-state index contributed by atoms with van der Waals surface area (Å²) < 4.78 is 0. The summed E-state index contributed by atoms with van der Waals surface area (Å²) >= 11 is 0. The van der Waals surface area contributed by atoms with Gasteiger partial charge >= 0.3 is 0 Å². The highest BCUT2D eigenvalue weighted by Crippen LogP contribution is 2.06. The lowest BCUT2D eigenvalue weighted by molar-refractivity contribution is -0.119. The van der Waals surface area contributed by atoms with Crippen LogP contribution in [0.1, 0.15) is 58.3 Å². The van der Waals surface area contributed by atoms with Crippen LogP contribution in [0.5, 0.6) is 0 Å². The Balaban J connectivity index is 3.13. The molecule has 0 aromatic carbocycles. The first-order valence-corrected chi connectivity index (χ1v) is 5.26. The molecule has 0 aliphatic heterocycles. The predicted octanol–water partition coefficient (Wildman–Crippen LogP) is 3.33. The fraction of sp³-hybridized carbons (Fsp3) is 0.750. The van der Waals surface area contributed by atoms with Crippen LogP contribution < -0.4 is 0 Å². The molecule has 0 saturated carbocycles. The third kappa shape index (κ3) is 9.14. The summed E-state index contributed by atoms with van der Waals surface area (Å²) in [5.74, 6) is 3.02. The van der Waals surface area contributed by atoms with E-state index in [4.69, 9.17) is 6.42 Å². The fourth-order valence-electron chi connectivity index (χ4n) is 1.22. The zero-order valence-corrected chi connectivity index (χ0v) is 8.64. The van der Waals surface area contributed by atoms with Gasteiger partial charge in [-0.1, -0.05) is 19.8 Å². The average molecular weight is 180 g/mol. The molecule has 0 atom stereocenters. The molecule has 0 N–H and O–H groups in total. The van der Waals surface area contributed by atoms with Gasteiger partial charge in [0, 0.05) is 19.3 Å². The van der Waals surface area contributed by atoms with E-state index in [1.807, 2.05) is 0 Å². The molecule has 1 heteroatoms. The lowest BCUT2D eigenvalue weighted by Gasteiger charge is -1.98. The van der Waals surface area contributed by atoms with E-state index in [0.717, 1.165) is 51.4 Å². The van der Waals surface area contributed by atoms with Crippen LogP contribution in [0.25, 0.3) is 0 Å². The number of carbonyl (C=O) groups excluding carboxylic acids is 1. The third-order valence-electron chi connectivity index (χ3n) is 2.09. The van der Waals surface area contributed by atoms with E-state index in [2.05, 4.69) is 12.8 Å². The van der Waals surface area contributed by atoms with Crippen LogP contribution in [-0.2, 0) is 4.79 Å². The van der Waals surface area contributed by atoms with Crippen molar-refractivity contribution in [2.45, 2.75) is 58.3 Å². The van der Waals surface area contributed by atoms with E-state index in [-0.39, 0.29) is 0 Å². The summed E-state index contributed by atoms with van der Waals surface area (Å²) in [7, 11) is 0. The van der Waals surface area contributed by atoms with Crippen molar-refractivity contribution < 1.29 is 4.79 Å². The van der Waals surface area contributed by atoms with Crippen molar-refractivity contribution in [3.63, 3.8) is 0 Å². The Morgan fingerprint density at radius 3 is 2.46 bits per heavy atom. The van der Waals surface area contributed by atoms with Crippen LogP contribution in [0, 0.1) is 12.3 Å². The Bertz CT molecular complexity index is 164. The van der Waals surface area contributed by atoms with Crippen molar-refractivity contribution in [2.24, 2.45) is 0 Å². The van der Waals surface area contributed by atoms with E-state index in [0.29, 0.717) is 5.78 Å². The number of terminal acetylenes is 1. The van der Waals surface area contributed by atoms with Gasteiger partial charge in [-0.15, -0.1) is 12.3 Å². The topological polar surface area (TPSA) is 17.1 Å². The molecule has 0 bridgehead atoms. The van der Waals surface area contributed by atoms with Crippen molar-refractivity contribution in [3.8, 4) is 12.3 Å². The second kappa shape index (κ2) is 9.32. The van der Waals surface area contributed by atoms with Crippen LogP contribution >= 0.6 is 0 Å². The first kappa shape index (κ1) is 12.2. The standard InChI is InChI=1S/C12H20O/c1-3-5-7-8-9-11-12(13)10-6-4-2/h1H,4-11H2,2H3. The number of hydrogen-bond donors (Lipinski definition) is 0. The van der Waals surface area contributed by atoms with Crippen LogP contribution in [0.4, 0.5) is 0 Å². The number of Topliss-reactive ketones (excluding diaryl/α,β-unsaturated/α-hetero) is 1. The maximum absolute atomic E-state index is 11.2. The highest BCUT2D eigenvalue weighted by atomic mass is 16.1. The van der Waals surface area contributed by atoms with Crippen LogP contribution in [0.3, 0.4) is 0 Å². The van der Waals surface area contributed by atoms with Gasteiger partial charge in [0.25, 0.3) is 0 Å². The second-order valence-electron chi connectivity index (χ2n) is 3.41. The summed E-state index contributed by atoms with van der Waals surface area (Å²) in [5.41, 5.74) is 0. The minimum Gasteiger partial charge on any atom is -0.300 e. The van der Waals surface area contributed by atoms with Gasteiger partial charge in [-0.3, -0.25) is 4.79 Å². The maximum atomic E-state index is 11.2. The number of carbonyl (C=O) groups is 1. The molecule has 1 nitrogen and oxygen atoms in total. The molecule has 0 saturated heterocycles. The van der Waals surface area contributed by atoms with Gasteiger partial charge in [0.15, 0.2) is 0 Å². The molecule has 0 aliphatic rings. The Labute approximate surface area is 81.9 Å². The minimum atomic E-state index is 0.419. The molecule has 0 fully saturated rings. The number of ketones is 1. The molecule has 0 unspecified atom stereocenters. The van der Waals surface area contributed by atoms with Gasteiger partial charge in [0.05, 0.1) is 0 Å². The van der Waals surface area contributed by atoms with Gasteiger partial charge in [-0.25, -0.2) is 0 Å². The van der Waals surface area contributed by atoms with Gasteiger partial charge in [0.1, 0.15) is 5.78 Å². The molecule has 0 spiro atoms. The zero-order chi connectivity index (χ0) is 9.94. The van der Waals surface area contributed by atoms with Crippen molar-refractivity contribution in [3.05, 3.63) is 0 Å². The molecule has 0 aliphatic carbocycles. The summed E-state index contributed by atoms with van der Waals surface area (Å²) in [6.07, 6.45) is 12.8. The lowest BCUT2D eigenvalue weighted by Crippen LogP contribution is -1.96. The van der Waals surface area contributed by atoms with Crippen molar-refractivity contribution >= 4 is 5.78 Å². The molecule has 74 valence electrons. The largest absolute Gasteiger partial charge is 0.300 e. The van der Waals surface area contributed by atoms with E-state index in [9.17, 15) is 4.79 Å².